The molecule has 0 N–H and O–H groups in total. The lowest BCUT2D eigenvalue weighted by atomic mass is 10.2. The zero-order valence-corrected chi connectivity index (χ0v) is 13.9. The molecule has 3 rings (SSSR count). The fourth-order valence-electron chi connectivity index (χ4n) is 2.84. The van der Waals surface area contributed by atoms with Crippen LogP contribution in [0.5, 0.6) is 5.75 Å². The summed E-state index contributed by atoms with van der Waals surface area (Å²) in [4.78, 5) is 18.4. The van der Waals surface area contributed by atoms with Gasteiger partial charge in [-0.15, -0.1) is 0 Å². The number of ether oxygens (including phenoxy) is 2. The zero-order chi connectivity index (χ0) is 16.4. The first-order valence-corrected chi connectivity index (χ1v) is 8.01. The second-order valence-corrected chi connectivity index (χ2v) is 6.20. The Hall–Kier alpha value is -1.85. The van der Waals surface area contributed by atoms with Crippen LogP contribution >= 0.6 is 11.6 Å². The number of nitrogens with zero attached hydrogens (tertiary/aromatic N) is 2. The van der Waals surface area contributed by atoms with E-state index >= 15 is 0 Å². The SMILES string of the molecule is CC1CN(C(=O)COc2ccc(Cl)c3cccnc23)CC(C)O1. The average molecular weight is 335 g/mol. The number of rotatable bonds is 3. The molecule has 2 unspecified atom stereocenters. The molecule has 23 heavy (non-hydrogen) atoms. The Morgan fingerprint density at radius 1 is 1.35 bits per heavy atom. The van der Waals surface area contributed by atoms with Gasteiger partial charge in [0, 0.05) is 24.7 Å². The quantitative estimate of drug-likeness (QED) is 0.866. The van der Waals surface area contributed by atoms with Gasteiger partial charge in [-0.25, -0.2) is 0 Å². The van der Waals surface area contributed by atoms with Crippen molar-refractivity contribution in [1.82, 2.24) is 9.88 Å². The Labute approximate surface area is 140 Å². The summed E-state index contributed by atoms with van der Waals surface area (Å²) in [5.41, 5.74) is 0.663. The van der Waals surface area contributed by atoms with Crippen LogP contribution in [0.25, 0.3) is 10.9 Å². The van der Waals surface area contributed by atoms with Gasteiger partial charge in [0.15, 0.2) is 6.61 Å². The van der Waals surface area contributed by atoms with Crippen LogP contribution in [0.4, 0.5) is 0 Å². The van der Waals surface area contributed by atoms with E-state index in [1.54, 1.807) is 23.2 Å². The number of carbonyl (C=O) groups excluding carboxylic acids is 1. The summed E-state index contributed by atoms with van der Waals surface area (Å²) < 4.78 is 11.3. The van der Waals surface area contributed by atoms with Crippen LogP contribution in [0.1, 0.15) is 13.8 Å². The number of fused-ring (bicyclic) bond motifs is 1. The molecule has 2 atom stereocenters. The summed E-state index contributed by atoms with van der Waals surface area (Å²) >= 11 is 6.16. The highest BCUT2D eigenvalue weighted by Crippen LogP contribution is 2.29. The second-order valence-electron chi connectivity index (χ2n) is 5.79. The molecule has 1 saturated heterocycles. The highest BCUT2D eigenvalue weighted by atomic mass is 35.5. The van der Waals surface area contributed by atoms with Crippen molar-refractivity contribution < 1.29 is 14.3 Å². The minimum atomic E-state index is -0.0500. The Morgan fingerprint density at radius 2 is 2.09 bits per heavy atom. The van der Waals surface area contributed by atoms with E-state index in [0.29, 0.717) is 29.4 Å². The lowest BCUT2D eigenvalue weighted by Gasteiger charge is -2.35. The van der Waals surface area contributed by atoms with Crippen molar-refractivity contribution in [2.45, 2.75) is 26.1 Å². The predicted molar refractivity (Wildman–Crippen MR) is 88.8 cm³/mol. The number of pyridine rings is 1. The number of carbonyl (C=O) groups is 1. The van der Waals surface area contributed by atoms with E-state index in [9.17, 15) is 4.79 Å². The number of aromatic nitrogens is 1. The number of morpholine rings is 1. The molecular weight excluding hydrogens is 316 g/mol. The van der Waals surface area contributed by atoms with E-state index in [2.05, 4.69) is 4.98 Å². The van der Waals surface area contributed by atoms with Crippen LogP contribution in [-0.2, 0) is 9.53 Å². The number of hydrogen-bond donors (Lipinski definition) is 0. The first-order chi connectivity index (χ1) is 11.0. The number of hydrogen-bond acceptors (Lipinski definition) is 4. The van der Waals surface area contributed by atoms with E-state index in [1.807, 2.05) is 26.0 Å². The normalized spacial score (nSPS) is 21.4. The third kappa shape index (κ3) is 3.57. The van der Waals surface area contributed by atoms with Crippen molar-refractivity contribution >= 4 is 28.4 Å². The smallest absolute Gasteiger partial charge is 0.260 e. The fourth-order valence-corrected chi connectivity index (χ4v) is 3.06. The molecule has 6 heteroatoms. The number of halogens is 1. The van der Waals surface area contributed by atoms with Crippen molar-refractivity contribution in [3.05, 3.63) is 35.5 Å². The second kappa shape index (κ2) is 6.72. The van der Waals surface area contributed by atoms with Crippen molar-refractivity contribution in [3.63, 3.8) is 0 Å². The molecular formula is C17H19ClN2O3. The molecule has 0 spiro atoms. The molecule has 2 heterocycles. The van der Waals surface area contributed by atoms with Gasteiger partial charge in [0.2, 0.25) is 0 Å². The standard InChI is InChI=1S/C17H19ClN2O3/c1-11-8-20(9-12(2)23-11)16(21)10-22-15-6-5-14(18)13-4-3-7-19-17(13)15/h3-7,11-12H,8-10H2,1-2H3. The highest BCUT2D eigenvalue weighted by molar-refractivity contribution is 6.35. The van der Waals surface area contributed by atoms with Crippen molar-refractivity contribution in [2.24, 2.45) is 0 Å². The Bertz CT molecular complexity index is 712. The van der Waals surface area contributed by atoms with Crippen LogP contribution in [0.15, 0.2) is 30.5 Å². The van der Waals surface area contributed by atoms with Gasteiger partial charge in [0.05, 0.1) is 17.2 Å². The molecule has 0 radical (unpaired) electrons. The van der Waals surface area contributed by atoms with Gasteiger partial charge in [-0.1, -0.05) is 11.6 Å². The zero-order valence-electron chi connectivity index (χ0n) is 13.2. The first kappa shape index (κ1) is 16.0. The molecule has 1 aromatic heterocycles. The third-order valence-electron chi connectivity index (χ3n) is 3.80. The summed E-state index contributed by atoms with van der Waals surface area (Å²) in [5.74, 6) is 0.513. The van der Waals surface area contributed by atoms with Crippen LogP contribution in [0.3, 0.4) is 0 Å². The van der Waals surface area contributed by atoms with Gasteiger partial charge in [-0.3, -0.25) is 9.78 Å². The first-order valence-electron chi connectivity index (χ1n) is 7.64. The minimum Gasteiger partial charge on any atom is -0.481 e. The van der Waals surface area contributed by atoms with E-state index < -0.39 is 0 Å². The molecule has 1 aliphatic rings. The lowest BCUT2D eigenvalue weighted by molar-refractivity contribution is -0.145. The van der Waals surface area contributed by atoms with Gasteiger partial charge < -0.3 is 14.4 Å². The minimum absolute atomic E-state index is 0.0211. The van der Waals surface area contributed by atoms with Gasteiger partial charge in [-0.05, 0) is 38.1 Å². The van der Waals surface area contributed by atoms with Crippen molar-refractivity contribution in [3.8, 4) is 5.75 Å². The molecule has 0 bridgehead atoms. The maximum Gasteiger partial charge on any atom is 0.260 e. The molecule has 0 saturated carbocycles. The van der Waals surface area contributed by atoms with Gasteiger partial charge in [0.1, 0.15) is 11.3 Å². The maximum atomic E-state index is 12.4. The monoisotopic (exact) mass is 334 g/mol. The summed E-state index contributed by atoms with van der Waals surface area (Å²) in [6.45, 7) is 5.09. The molecule has 0 aliphatic carbocycles. The molecule has 1 amide bonds. The van der Waals surface area contributed by atoms with Crippen molar-refractivity contribution in [1.29, 1.82) is 0 Å². The number of amides is 1. The third-order valence-corrected chi connectivity index (χ3v) is 4.13. The fraction of sp³-hybridized carbons (Fsp3) is 0.412. The molecule has 5 nitrogen and oxygen atoms in total. The highest BCUT2D eigenvalue weighted by Gasteiger charge is 2.26. The van der Waals surface area contributed by atoms with Crippen LogP contribution in [-0.4, -0.2) is 47.7 Å². The van der Waals surface area contributed by atoms with Crippen molar-refractivity contribution in [2.75, 3.05) is 19.7 Å². The molecule has 1 fully saturated rings. The Balaban J connectivity index is 1.71. The van der Waals surface area contributed by atoms with Gasteiger partial charge in [-0.2, -0.15) is 0 Å². The molecule has 1 aliphatic heterocycles. The largest absolute Gasteiger partial charge is 0.481 e. The van der Waals surface area contributed by atoms with Gasteiger partial charge >= 0.3 is 0 Å². The maximum absolute atomic E-state index is 12.4. The Kier molecular flexibility index (Phi) is 4.68. The lowest BCUT2D eigenvalue weighted by Crippen LogP contribution is -2.49. The summed E-state index contributed by atoms with van der Waals surface area (Å²) in [5, 5.41) is 1.43. The summed E-state index contributed by atoms with van der Waals surface area (Å²) in [6, 6.07) is 7.20. The van der Waals surface area contributed by atoms with E-state index in [1.165, 1.54) is 0 Å². The Morgan fingerprint density at radius 3 is 2.83 bits per heavy atom. The summed E-state index contributed by atoms with van der Waals surface area (Å²) in [7, 11) is 0. The molecule has 2 aromatic rings. The van der Waals surface area contributed by atoms with E-state index in [0.717, 1.165) is 5.39 Å². The van der Waals surface area contributed by atoms with Crippen LogP contribution < -0.4 is 4.74 Å². The predicted octanol–water partition coefficient (Wildman–Crippen LogP) is 2.90. The van der Waals surface area contributed by atoms with Gasteiger partial charge in [0.25, 0.3) is 5.91 Å². The summed E-state index contributed by atoms with van der Waals surface area (Å²) in [6.07, 6.45) is 1.76. The van der Waals surface area contributed by atoms with E-state index in [-0.39, 0.29) is 24.7 Å². The molecule has 122 valence electrons. The average Bonchev–Trinajstić information content (AvgIpc) is 2.53. The topological polar surface area (TPSA) is 51.7 Å². The molecule has 1 aromatic carbocycles. The van der Waals surface area contributed by atoms with E-state index in [4.69, 9.17) is 21.1 Å². The van der Waals surface area contributed by atoms with Crippen LogP contribution in [0, 0.1) is 0 Å². The van der Waals surface area contributed by atoms with Crippen LogP contribution in [0.2, 0.25) is 5.02 Å². The number of benzene rings is 1.